The lowest BCUT2D eigenvalue weighted by atomic mass is 10.1. The fourth-order valence-electron chi connectivity index (χ4n) is 2.39. The standard InChI is InChI=1S/C19H20N2O5/c1-4-14-8-10-15(11-9-14)20-18(22)13(3)26-19(23)16-6-5-7-17(12(16)2)21(24)25/h5-11,13H,4H2,1-3H3,(H,20,22)/t13-/m0/s1. The van der Waals surface area contributed by atoms with Gasteiger partial charge in [-0.25, -0.2) is 4.79 Å². The van der Waals surface area contributed by atoms with Crippen molar-refractivity contribution in [1.29, 1.82) is 0 Å². The lowest BCUT2D eigenvalue weighted by Gasteiger charge is -2.14. The van der Waals surface area contributed by atoms with Gasteiger partial charge in [0.1, 0.15) is 0 Å². The minimum Gasteiger partial charge on any atom is -0.449 e. The molecule has 1 atom stereocenters. The van der Waals surface area contributed by atoms with Crippen molar-refractivity contribution in [2.75, 3.05) is 5.32 Å². The zero-order chi connectivity index (χ0) is 19.3. The summed E-state index contributed by atoms with van der Waals surface area (Å²) < 4.78 is 5.16. The van der Waals surface area contributed by atoms with Gasteiger partial charge in [0.05, 0.1) is 10.5 Å². The van der Waals surface area contributed by atoms with Gasteiger partial charge in [0.15, 0.2) is 6.10 Å². The average Bonchev–Trinajstić information content (AvgIpc) is 2.62. The van der Waals surface area contributed by atoms with E-state index in [1.165, 1.54) is 32.0 Å². The van der Waals surface area contributed by atoms with Crippen LogP contribution in [0.25, 0.3) is 0 Å². The summed E-state index contributed by atoms with van der Waals surface area (Å²) in [7, 11) is 0. The average molecular weight is 356 g/mol. The Labute approximate surface area is 151 Å². The molecule has 1 amide bonds. The highest BCUT2D eigenvalue weighted by Gasteiger charge is 2.23. The van der Waals surface area contributed by atoms with Crippen LogP contribution in [0, 0.1) is 17.0 Å². The van der Waals surface area contributed by atoms with Crippen molar-refractivity contribution in [3.8, 4) is 0 Å². The molecule has 0 aliphatic carbocycles. The molecule has 136 valence electrons. The summed E-state index contributed by atoms with van der Waals surface area (Å²) in [4.78, 5) is 34.9. The van der Waals surface area contributed by atoms with Gasteiger partial charge in [-0.05, 0) is 44.0 Å². The van der Waals surface area contributed by atoms with Crippen LogP contribution in [0.5, 0.6) is 0 Å². The fraction of sp³-hybridized carbons (Fsp3) is 0.263. The van der Waals surface area contributed by atoms with Gasteiger partial charge < -0.3 is 10.1 Å². The van der Waals surface area contributed by atoms with Crippen molar-refractivity contribution in [3.63, 3.8) is 0 Å². The molecule has 26 heavy (non-hydrogen) atoms. The monoisotopic (exact) mass is 356 g/mol. The van der Waals surface area contributed by atoms with E-state index in [2.05, 4.69) is 5.32 Å². The zero-order valence-electron chi connectivity index (χ0n) is 14.8. The molecule has 0 spiro atoms. The Balaban J connectivity index is 2.05. The summed E-state index contributed by atoms with van der Waals surface area (Å²) in [6.07, 6.45) is -0.155. The van der Waals surface area contributed by atoms with Crippen molar-refractivity contribution < 1.29 is 19.2 Å². The Morgan fingerprint density at radius 1 is 1.19 bits per heavy atom. The highest BCUT2D eigenvalue weighted by molar-refractivity contribution is 5.98. The number of hydrogen-bond donors (Lipinski definition) is 1. The van der Waals surface area contributed by atoms with E-state index in [9.17, 15) is 19.7 Å². The van der Waals surface area contributed by atoms with Gasteiger partial charge in [0.25, 0.3) is 11.6 Å². The van der Waals surface area contributed by atoms with E-state index in [4.69, 9.17) is 4.74 Å². The number of ether oxygens (including phenoxy) is 1. The van der Waals surface area contributed by atoms with E-state index in [0.29, 0.717) is 5.69 Å². The maximum Gasteiger partial charge on any atom is 0.339 e. The minimum absolute atomic E-state index is 0.0612. The Morgan fingerprint density at radius 3 is 2.42 bits per heavy atom. The number of carbonyl (C=O) groups is 2. The smallest absolute Gasteiger partial charge is 0.339 e. The number of aryl methyl sites for hydroxylation is 1. The highest BCUT2D eigenvalue weighted by atomic mass is 16.6. The minimum atomic E-state index is -1.05. The van der Waals surface area contributed by atoms with Crippen molar-refractivity contribution in [1.82, 2.24) is 0 Å². The number of esters is 1. The van der Waals surface area contributed by atoms with E-state index < -0.39 is 22.9 Å². The van der Waals surface area contributed by atoms with E-state index in [-0.39, 0.29) is 16.8 Å². The molecular formula is C19H20N2O5. The molecule has 0 aliphatic heterocycles. The molecule has 0 heterocycles. The zero-order valence-corrected chi connectivity index (χ0v) is 14.8. The summed E-state index contributed by atoms with van der Waals surface area (Å²) >= 11 is 0. The molecule has 0 saturated carbocycles. The number of benzene rings is 2. The lowest BCUT2D eigenvalue weighted by molar-refractivity contribution is -0.385. The normalized spacial score (nSPS) is 11.5. The van der Waals surface area contributed by atoms with Gasteiger partial charge in [-0.3, -0.25) is 14.9 Å². The molecule has 2 aromatic carbocycles. The van der Waals surface area contributed by atoms with Crippen molar-refractivity contribution in [2.45, 2.75) is 33.3 Å². The molecule has 0 radical (unpaired) electrons. The molecule has 2 rings (SSSR count). The van der Waals surface area contributed by atoms with Gasteiger partial charge in [0, 0.05) is 17.3 Å². The van der Waals surface area contributed by atoms with Crippen LogP contribution in [0.1, 0.15) is 35.3 Å². The number of nitro groups is 1. The third kappa shape index (κ3) is 4.44. The number of rotatable bonds is 6. The van der Waals surface area contributed by atoms with Crippen LogP contribution < -0.4 is 5.32 Å². The molecule has 0 fully saturated rings. The Morgan fingerprint density at radius 2 is 1.85 bits per heavy atom. The number of nitrogens with zero attached hydrogens (tertiary/aromatic N) is 1. The lowest BCUT2D eigenvalue weighted by Crippen LogP contribution is -2.30. The van der Waals surface area contributed by atoms with Gasteiger partial charge in [-0.1, -0.05) is 25.1 Å². The van der Waals surface area contributed by atoms with Crippen molar-refractivity contribution >= 4 is 23.3 Å². The first kappa shape index (κ1) is 19.1. The van der Waals surface area contributed by atoms with E-state index in [0.717, 1.165) is 12.0 Å². The molecule has 0 aliphatic rings. The highest BCUT2D eigenvalue weighted by Crippen LogP contribution is 2.22. The molecule has 0 saturated heterocycles. The molecular weight excluding hydrogens is 336 g/mol. The van der Waals surface area contributed by atoms with Gasteiger partial charge in [0.2, 0.25) is 0 Å². The number of nitro benzene ring substituents is 1. The predicted octanol–water partition coefficient (Wildman–Crippen LogP) is 3.65. The molecule has 7 nitrogen and oxygen atoms in total. The van der Waals surface area contributed by atoms with E-state index >= 15 is 0 Å². The summed E-state index contributed by atoms with van der Waals surface area (Å²) in [5, 5.41) is 13.6. The number of nitrogens with one attached hydrogen (secondary N) is 1. The molecule has 0 bridgehead atoms. The first-order valence-corrected chi connectivity index (χ1v) is 8.18. The second-order valence-corrected chi connectivity index (χ2v) is 5.79. The third-order valence-electron chi connectivity index (χ3n) is 4.00. The van der Waals surface area contributed by atoms with Crippen LogP contribution in [0.3, 0.4) is 0 Å². The van der Waals surface area contributed by atoms with Crippen LogP contribution in [0.4, 0.5) is 11.4 Å². The largest absolute Gasteiger partial charge is 0.449 e. The quantitative estimate of drug-likeness (QED) is 0.484. The Kier molecular flexibility index (Phi) is 6.06. The maximum absolute atomic E-state index is 12.3. The van der Waals surface area contributed by atoms with Gasteiger partial charge in [-0.2, -0.15) is 0 Å². The van der Waals surface area contributed by atoms with Crippen molar-refractivity contribution in [3.05, 3.63) is 69.3 Å². The van der Waals surface area contributed by atoms with E-state index in [1.807, 2.05) is 19.1 Å². The number of anilines is 1. The molecule has 0 aromatic heterocycles. The van der Waals surface area contributed by atoms with Crippen LogP contribution >= 0.6 is 0 Å². The predicted molar refractivity (Wildman–Crippen MR) is 97.2 cm³/mol. The summed E-state index contributed by atoms with van der Waals surface area (Å²) in [5.74, 6) is -1.26. The number of hydrogen-bond acceptors (Lipinski definition) is 5. The molecule has 1 N–H and O–H groups in total. The SMILES string of the molecule is CCc1ccc(NC(=O)[C@H](C)OC(=O)c2cccc([N+](=O)[O-])c2C)cc1. The second kappa shape index (κ2) is 8.24. The van der Waals surface area contributed by atoms with Crippen molar-refractivity contribution in [2.24, 2.45) is 0 Å². The molecule has 0 unspecified atom stereocenters. The topological polar surface area (TPSA) is 98.5 Å². The van der Waals surface area contributed by atoms with Crippen LogP contribution in [-0.4, -0.2) is 22.9 Å². The summed E-state index contributed by atoms with van der Waals surface area (Å²) in [6.45, 7) is 4.94. The third-order valence-corrected chi connectivity index (χ3v) is 4.00. The van der Waals surface area contributed by atoms with Crippen LogP contribution in [0.2, 0.25) is 0 Å². The number of carbonyl (C=O) groups excluding carboxylic acids is 2. The van der Waals surface area contributed by atoms with Crippen LogP contribution in [-0.2, 0) is 16.0 Å². The summed E-state index contributed by atoms with van der Waals surface area (Å²) in [5.41, 5.74) is 1.83. The summed E-state index contributed by atoms with van der Waals surface area (Å²) in [6, 6.07) is 11.5. The van der Waals surface area contributed by atoms with Crippen LogP contribution in [0.15, 0.2) is 42.5 Å². The first-order valence-electron chi connectivity index (χ1n) is 8.18. The maximum atomic E-state index is 12.3. The molecule has 2 aromatic rings. The van der Waals surface area contributed by atoms with E-state index in [1.54, 1.807) is 12.1 Å². The Hall–Kier alpha value is -3.22. The Bertz CT molecular complexity index is 830. The fourth-order valence-corrected chi connectivity index (χ4v) is 2.39. The first-order chi connectivity index (χ1) is 12.3. The number of amides is 1. The molecule has 7 heteroatoms. The van der Waals surface area contributed by atoms with Gasteiger partial charge in [-0.15, -0.1) is 0 Å². The second-order valence-electron chi connectivity index (χ2n) is 5.79. The van der Waals surface area contributed by atoms with Gasteiger partial charge >= 0.3 is 5.97 Å².